The fourth-order valence-corrected chi connectivity index (χ4v) is 1.27. The molecule has 1 aromatic rings. The van der Waals surface area contributed by atoms with E-state index in [1.807, 2.05) is 19.1 Å². The van der Waals surface area contributed by atoms with Crippen LogP contribution in [0, 0.1) is 0 Å². The van der Waals surface area contributed by atoms with Gasteiger partial charge in [-0.1, -0.05) is 24.3 Å². The van der Waals surface area contributed by atoms with E-state index in [1.165, 1.54) is 0 Å². The van der Waals surface area contributed by atoms with Crippen molar-refractivity contribution in [2.75, 3.05) is 0 Å². The van der Waals surface area contributed by atoms with E-state index in [2.05, 4.69) is 6.58 Å². The van der Waals surface area contributed by atoms with Gasteiger partial charge in [-0.15, -0.1) is 0 Å². The molecule has 0 radical (unpaired) electrons. The van der Waals surface area contributed by atoms with Crippen molar-refractivity contribution in [2.45, 2.75) is 19.6 Å². The highest BCUT2D eigenvalue weighted by atomic mass is 35.5. The summed E-state index contributed by atoms with van der Waals surface area (Å²) in [4.78, 5) is 0. The van der Waals surface area contributed by atoms with Crippen LogP contribution in [-0.2, 0) is 6.54 Å². The molecule has 0 heterocycles. The van der Waals surface area contributed by atoms with Crippen LogP contribution in [0.4, 0.5) is 0 Å². The Kier molecular flexibility index (Phi) is 3.98. The Balaban J connectivity index is 2.90. The maximum Gasteiger partial charge on any atom is 0.124 e. The van der Waals surface area contributed by atoms with E-state index in [0.717, 1.165) is 11.3 Å². The minimum absolute atomic E-state index is 0.0264. The van der Waals surface area contributed by atoms with Crippen LogP contribution in [0.15, 0.2) is 30.9 Å². The molecular weight excluding hydrogens is 198 g/mol. The van der Waals surface area contributed by atoms with Crippen molar-refractivity contribution >= 4 is 11.6 Å². The van der Waals surface area contributed by atoms with Crippen LogP contribution in [0.5, 0.6) is 5.75 Å². The van der Waals surface area contributed by atoms with Crippen LogP contribution in [0.25, 0.3) is 0 Å². The maximum absolute atomic E-state index is 5.83. The molecule has 0 aromatic heterocycles. The van der Waals surface area contributed by atoms with Gasteiger partial charge < -0.3 is 10.5 Å². The van der Waals surface area contributed by atoms with E-state index in [0.29, 0.717) is 11.6 Å². The molecule has 2 N–H and O–H groups in total. The molecule has 1 atom stereocenters. The fourth-order valence-electron chi connectivity index (χ4n) is 1.07. The minimum atomic E-state index is -0.0264. The third kappa shape index (κ3) is 2.76. The Bertz CT molecular complexity index is 325. The summed E-state index contributed by atoms with van der Waals surface area (Å²) in [5.74, 6) is 0.768. The first-order valence-corrected chi connectivity index (χ1v) is 4.83. The molecule has 0 spiro atoms. The largest absolute Gasteiger partial charge is 0.486 e. The zero-order chi connectivity index (χ0) is 10.6. The summed E-state index contributed by atoms with van der Waals surface area (Å²) >= 11 is 5.83. The van der Waals surface area contributed by atoms with Crippen LogP contribution in [0.1, 0.15) is 12.5 Å². The molecule has 1 rings (SSSR count). The van der Waals surface area contributed by atoms with E-state index in [9.17, 15) is 0 Å². The molecule has 0 aliphatic carbocycles. The standard InChI is InChI=1S/C11H14ClNO/c1-3-8(2)14-11-5-4-10(12)6-9(11)7-13/h3-6,8H,1,7,13H2,2H3. The van der Waals surface area contributed by atoms with Gasteiger partial charge in [0, 0.05) is 17.1 Å². The predicted molar refractivity (Wildman–Crippen MR) is 59.6 cm³/mol. The highest BCUT2D eigenvalue weighted by molar-refractivity contribution is 6.30. The van der Waals surface area contributed by atoms with Gasteiger partial charge in [0.1, 0.15) is 11.9 Å². The van der Waals surface area contributed by atoms with Crippen molar-refractivity contribution in [3.63, 3.8) is 0 Å². The molecule has 0 aliphatic rings. The first-order valence-electron chi connectivity index (χ1n) is 4.45. The maximum atomic E-state index is 5.83. The van der Waals surface area contributed by atoms with E-state index >= 15 is 0 Å². The number of rotatable bonds is 4. The normalized spacial score (nSPS) is 12.2. The molecule has 0 aliphatic heterocycles. The van der Waals surface area contributed by atoms with Crippen molar-refractivity contribution in [1.82, 2.24) is 0 Å². The van der Waals surface area contributed by atoms with Crippen LogP contribution in [0.3, 0.4) is 0 Å². The summed E-state index contributed by atoms with van der Waals surface area (Å²) in [7, 11) is 0. The highest BCUT2D eigenvalue weighted by Crippen LogP contribution is 2.23. The summed E-state index contributed by atoms with van der Waals surface area (Å²) in [5.41, 5.74) is 6.48. The Morgan fingerprint density at radius 3 is 2.93 bits per heavy atom. The van der Waals surface area contributed by atoms with Crippen molar-refractivity contribution in [3.05, 3.63) is 41.4 Å². The Morgan fingerprint density at radius 1 is 1.64 bits per heavy atom. The number of nitrogens with two attached hydrogens (primary N) is 1. The second kappa shape index (κ2) is 5.03. The van der Waals surface area contributed by atoms with E-state index in [-0.39, 0.29) is 6.10 Å². The van der Waals surface area contributed by atoms with Crippen molar-refractivity contribution in [3.8, 4) is 5.75 Å². The predicted octanol–water partition coefficient (Wildman–Crippen LogP) is 2.75. The number of halogens is 1. The third-order valence-corrected chi connectivity index (χ3v) is 2.12. The van der Waals surface area contributed by atoms with Crippen LogP contribution in [-0.4, -0.2) is 6.10 Å². The van der Waals surface area contributed by atoms with Crippen LogP contribution < -0.4 is 10.5 Å². The third-order valence-electron chi connectivity index (χ3n) is 1.89. The lowest BCUT2D eigenvalue weighted by Gasteiger charge is -2.13. The smallest absolute Gasteiger partial charge is 0.124 e. The molecule has 0 amide bonds. The van der Waals surface area contributed by atoms with E-state index < -0.39 is 0 Å². The van der Waals surface area contributed by atoms with Gasteiger partial charge in [-0.05, 0) is 25.1 Å². The molecule has 0 saturated heterocycles. The quantitative estimate of drug-likeness (QED) is 0.778. The molecular formula is C11H14ClNO. The summed E-state index contributed by atoms with van der Waals surface area (Å²) < 4.78 is 5.58. The number of benzene rings is 1. The first-order chi connectivity index (χ1) is 6.67. The Hall–Kier alpha value is -0.990. The lowest BCUT2D eigenvalue weighted by atomic mass is 10.2. The molecule has 0 saturated carbocycles. The second-order valence-corrected chi connectivity index (χ2v) is 3.45. The van der Waals surface area contributed by atoms with Crippen molar-refractivity contribution < 1.29 is 4.74 Å². The average Bonchev–Trinajstić information content (AvgIpc) is 2.20. The number of ether oxygens (including phenoxy) is 1. The average molecular weight is 212 g/mol. The lowest BCUT2D eigenvalue weighted by Crippen LogP contribution is -2.10. The van der Waals surface area contributed by atoms with Gasteiger partial charge in [-0.3, -0.25) is 0 Å². The first kappa shape index (κ1) is 11.1. The highest BCUT2D eigenvalue weighted by Gasteiger charge is 2.05. The van der Waals surface area contributed by atoms with Crippen LogP contribution in [0.2, 0.25) is 5.02 Å². The molecule has 1 aromatic carbocycles. The van der Waals surface area contributed by atoms with Gasteiger partial charge >= 0.3 is 0 Å². The van der Waals surface area contributed by atoms with Crippen LogP contribution >= 0.6 is 11.6 Å². The summed E-state index contributed by atoms with van der Waals surface area (Å²) in [5, 5.41) is 0.670. The zero-order valence-corrected chi connectivity index (χ0v) is 8.92. The molecule has 0 fully saturated rings. The monoisotopic (exact) mass is 211 g/mol. The fraction of sp³-hybridized carbons (Fsp3) is 0.273. The van der Waals surface area contributed by atoms with Gasteiger partial charge in [-0.25, -0.2) is 0 Å². The molecule has 0 bridgehead atoms. The van der Waals surface area contributed by atoms with Crippen molar-refractivity contribution in [2.24, 2.45) is 5.73 Å². The van der Waals surface area contributed by atoms with Gasteiger partial charge in [0.2, 0.25) is 0 Å². The SMILES string of the molecule is C=CC(C)Oc1ccc(Cl)cc1CN. The molecule has 1 unspecified atom stereocenters. The molecule has 2 nitrogen and oxygen atoms in total. The molecule has 14 heavy (non-hydrogen) atoms. The summed E-state index contributed by atoms with van der Waals surface area (Å²) in [6, 6.07) is 5.42. The summed E-state index contributed by atoms with van der Waals surface area (Å²) in [6.07, 6.45) is 1.70. The Morgan fingerprint density at radius 2 is 2.36 bits per heavy atom. The van der Waals surface area contributed by atoms with E-state index in [1.54, 1.807) is 12.1 Å². The van der Waals surface area contributed by atoms with Gasteiger partial charge in [0.05, 0.1) is 0 Å². The minimum Gasteiger partial charge on any atom is -0.486 e. The van der Waals surface area contributed by atoms with Crippen molar-refractivity contribution in [1.29, 1.82) is 0 Å². The van der Waals surface area contributed by atoms with Gasteiger partial charge in [0.15, 0.2) is 0 Å². The zero-order valence-electron chi connectivity index (χ0n) is 8.16. The van der Waals surface area contributed by atoms with E-state index in [4.69, 9.17) is 22.1 Å². The lowest BCUT2D eigenvalue weighted by molar-refractivity contribution is 0.267. The van der Waals surface area contributed by atoms with Gasteiger partial charge in [-0.2, -0.15) is 0 Å². The number of hydrogen-bond donors (Lipinski definition) is 1. The van der Waals surface area contributed by atoms with Gasteiger partial charge in [0.25, 0.3) is 0 Å². The summed E-state index contributed by atoms with van der Waals surface area (Å²) in [6.45, 7) is 5.98. The molecule has 76 valence electrons. The Labute approximate surface area is 89.3 Å². The second-order valence-electron chi connectivity index (χ2n) is 3.01. The topological polar surface area (TPSA) is 35.2 Å². The number of hydrogen-bond acceptors (Lipinski definition) is 2. The molecule has 3 heteroatoms.